The van der Waals surface area contributed by atoms with Gasteiger partial charge in [-0.05, 0) is 38.7 Å². The van der Waals surface area contributed by atoms with E-state index < -0.39 is 0 Å². The Bertz CT molecular complexity index is 1040. The van der Waals surface area contributed by atoms with E-state index in [9.17, 15) is 4.79 Å². The van der Waals surface area contributed by atoms with Gasteiger partial charge in [0.2, 0.25) is 5.89 Å². The highest BCUT2D eigenvalue weighted by atomic mass is 16.4. The fraction of sp³-hybridized carbons (Fsp3) is 0.250. The minimum atomic E-state index is -0.0113. The maximum atomic E-state index is 11.6. The van der Waals surface area contributed by atoms with Crippen molar-refractivity contribution in [3.8, 4) is 22.8 Å². The van der Waals surface area contributed by atoms with Crippen molar-refractivity contribution in [2.24, 2.45) is 0 Å². The van der Waals surface area contributed by atoms with Crippen LogP contribution in [0.4, 0.5) is 5.82 Å². The summed E-state index contributed by atoms with van der Waals surface area (Å²) in [7, 11) is 0. The highest BCUT2D eigenvalue weighted by Gasteiger charge is 2.18. The first kappa shape index (κ1) is 17.1. The first-order chi connectivity index (χ1) is 13.1. The topological polar surface area (TPSA) is 108 Å². The number of carbonyl (C=O) groups is 1. The maximum absolute atomic E-state index is 11.6. The third kappa shape index (κ3) is 3.48. The van der Waals surface area contributed by atoms with Crippen LogP contribution in [-0.4, -0.2) is 25.9 Å². The molecule has 0 atom stereocenters. The predicted octanol–water partition coefficient (Wildman–Crippen LogP) is 3.94. The van der Waals surface area contributed by atoms with Crippen LogP contribution in [0.25, 0.3) is 28.4 Å². The normalized spacial score (nSPS) is 14.0. The molecule has 1 aliphatic rings. The number of anilines is 1. The minimum Gasteiger partial charge on any atom is -0.415 e. The molecular formula is C20H19N5O2. The van der Waals surface area contributed by atoms with Crippen molar-refractivity contribution in [1.82, 2.24) is 20.2 Å². The Morgan fingerprint density at radius 1 is 1.19 bits per heavy atom. The summed E-state index contributed by atoms with van der Waals surface area (Å²) in [5.41, 5.74) is 9.37. The molecule has 1 aromatic carbocycles. The van der Waals surface area contributed by atoms with E-state index in [0.29, 0.717) is 22.8 Å². The molecule has 0 unspecified atom stereocenters. The van der Waals surface area contributed by atoms with Gasteiger partial charge >= 0.3 is 0 Å². The molecule has 0 bridgehead atoms. The van der Waals surface area contributed by atoms with E-state index in [0.717, 1.165) is 30.4 Å². The number of carbonyl (C=O) groups excluding carboxylic acids is 1. The smallest absolute Gasteiger partial charge is 0.270 e. The molecule has 136 valence electrons. The number of aromatic nitrogens is 4. The number of rotatable bonds is 4. The van der Waals surface area contributed by atoms with Crippen LogP contribution in [0, 0.1) is 0 Å². The molecule has 2 N–H and O–H groups in total. The summed E-state index contributed by atoms with van der Waals surface area (Å²) in [6.07, 6.45) is 7.97. The number of nitrogens with two attached hydrogens (primary N) is 1. The predicted molar refractivity (Wildman–Crippen MR) is 102 cm³/mol. The fourth-order valence-electron chi connectivity index (χ4n) is 3.07. The quantitative estimate of drug-likeness (QED) is 0.701. The molecule has 0 fully saturated rings. The van der Waals surface area contributed by atoms with Crippen LogP contribution < -0.4 is 5.73 Å². The average molecular weight is 361 g/mol. The second kappa shape index (κ2) is 7.11. The monoisotopic (exact) mass is 361 g/mol. The van der Waals surface area contributed by atoms with Gasteiger partial charge in [-0.2, -0.15) is 0 Å². The number of nitrogen functional groups attached to an aromatic ring is 1. The van der Waals surface area contributed by atoms with Gasteiger partial charge in [0.05, 0.1) is 11.9 Å². The van der Waals surface area contributed by atoms with Crippen molar-refractivity contribution in [3.63, 3.8) is 0 Å². The van der Waals surface area contributed by atoms with Crippen LogP contribution in [0.15, 0.2) is 41.0 Å². The van der Waals surface area contributed by atoms with Crippen molar-refractivity contribution in [2.45, 2.75) is 32.6 Å². The SMILES string of the molecule is CC(=O)c1cccc(-c2cnc(N)c(-c3nnc(C4=CCCCC4)o3)n2)c1. The van der Waals surface area contributed by atoms with Gasteiger partial charge < -0.3 is 10.2 Å². The second-order valence-electron chi connectivity index (χ2n) is 6.51. The lowest BCUT2D eigenvalue weighted by atomic mass is 10.00. The Morgan fingerprint density at radius 3 is 2.81 bits per heavy atom. The number of allylic oxidation sites excluding steroid dienone is 2. The molecule has 4 rings (SSSR count). The molecule has 0 saturated carbocycles. The molecule has 0 spiro atoms. The molecule has 2 aromatic heterocycles. The summed E-state index contributed by atoms with van der Waals surface area (Å²) in [6, 6.07) is 7.21. The molecule has 7 nitrogen and oxygen atoms in total. The van der Waals surface area contributed by atoms with Gasteiger partial charge in [-0.25, -0.2) is 9.97 Å². The summed E-state index contributed by atoms with van der Waals surface area (Å²) in [4.78, 5) is 20.4. The Labute approximate surface area is 156 Å². The number of Topliss-reactive ketones (excluding diaryl/α,β-unsaturated/α-hetero) is 1. The Balaban J connectivity index is 1.71. The zero-order valence-corrected chi connectivity index (χ0v) is 15.0. The first-order valence-electron chi connectivity index (χ1n) is 8.89. The second-order valence-corrected chi connectivity index (χ2v) is 6.51. The van der Waals surface area contributed by atoms with E-state index in [-0.39, 0.29) is 17.5 Å². The minimum absolute atomic E-state index is 0.0113. The van der Waals surface area contributed by atoms with Crippen molar-refractivity contribution in [3.05, 3.63) is 48.0 Å². The number of nitrogens with zero attached hydrogens (tertiary/aromatic N) is 4. The highest BCUT2D eigenvalue weighted by Crippen LogP contribution is 2.30. The van der Waals surface area contributed by atoms with Crippen LogP contribution in [0.2, 0.25) is 0 Å². The third-order valence-electron chi connectivity index (χ3n) is 4.56. The highest BCUT2D eigenvalue weighted by molar-refractivity contribution is 5.95. The number of ketones is 1. The van der Waals surface area contributed by atoms with E-state index in [1.807, 2.05) is 12.1 Å². The zero-order valence-electron chi connectivity index (χ0n) is 15.0. The lowest BCUT2D eigenvalue weighted by Crippen LogP contribution is -2.00. The third-order valence-corrected chi connectivity index (χ3v) is 4.56. The molecule has 3 aromatic rings. The average Bonchev–Trinajstić information content (AvgIpc) is 3.19. The molecule has 0 radical (unpaired) electrons. The molecule has 0 amide bonds. The van der Waals surface area contributed by atoms with Gasteiger partial charge in [-0.15, -0.1) is 10.2 Å². The number of hydrogen-bond donors (Lipinski definition) is 1. The Hall–Kier alpha value is -3.35. The maximum Gasteiger partial charge on any atom is 0.270 e. The molecule has 7 heteroatoms. The summed E-state index contributed by atoms with van der Waals surface area (Å²) in [5.74, 6) is 0.956. The van der Waals surface area contributed by atoms with Crippen LogP contribution in [0.1, 0.15) is 48.9 Å². The Kier molecular flexibility index (Phi) is 4.50. The van der Waals surface area contributed by atoms with E-state index >= 15 is 0 Å². The van der Waals surface area contributed by atoms with Crippen LogP contribution in [-0.2, 0) is 0 Å². The summed E-state index contributed by atoms with van der Waals surface area (Å²) in [5, 5.41) is 8.25. The number of hydrogen-bond acceptors (Lipinski definition) is 7. The van der Waals surface area contributed by atoms with Gasteiger partial charge in [0, 0.05) is 16.7 Å². The van der Waals surface area contributed by atoms with Crippen LogP contribution in [0.3, 0.4) is 0 Å². The fourth-order valence-corrected chi connectivity index (χ4v) is 3.07. The van der Waals surface area contributed by atoms with Gasteiger partial charge in [0.15, 0.2) is 17.3 Å². The van der Waals surface area contributed by atoms with Crippen LogP contribution in [0.5, 0.6) is 0 Å². The van der Waals surface area contributed by atoms with E-state index in [2.05, 4.69) is 26.2 Å². The summed E-state index contributed by atoms with van der Waals surface area (Å²) < 4.78 is 5.82. The summed E-state index contributed by atoms with van der Waals surface area (Å²) in [6.45, 7) is 1.53. The molecular weight excluding hydrogens is 342 g/mol. The largest absolute Gasteiger partial charge is 0.415 e. The van der Waals surface area contributed by atoms with Crippen LogP contribution >= 0.6 is 0 Å². The summed E-state index contributed by atoms with van der Waals surface area (Å²) >= 11 is 0. The first-order valence-corrected chi connectivity index (χ1v) is 8.89. The zero-order chi connectivity index (χ0) is 18.8. The van der Waals surface area contributed by atoms with E-state index in [1.165, 1.54) is 13.3 Å². The van der Waals surface area contributed by atoms with E-state index in [1.54, 1.807) is 18.3 Å². The molecule has 27 heavy (non-hydrogen) atoms. The van der Waals surface area contributed by atoms with Crippen molar-refractivity contribution >= 4 is 17.2 Å². The van der Waals surface area contributed by atoms with E-state index in [4.69, 9.17) is 10.2 Å². The molecule has 0 aliphatic heterocycles. The number of benzene rings is 1. The lowest BCUT2D eigenvalue weighted by Gasteiger charge is -2.08. The van der Waals surface area contributed by atoms with Gasteiger partial charge in [0.1, 0.15) is 0 Å². The van der Waals surface area contributed by atoms with Crippen molar-refractivity contribution in [1.29, 1.82) is 0 Å². The molecule has 0 saturated heterocycles. The van der Waals surface area contributed by atoms with Gasteiger partial charge in [-0.3, -0.25) is 4.79 Å². The van der Waals surface area contributed by atoms with Crippen molar-refractivity contribution < 1.29 is 9.21 Å². The van der Waals surface area contributed by atoms with Crippen molar-refractivity contribution in [2.75, 3.05) is 5.73 Å². The Morgan fingerprint density at radius 2 is 2.04 bits per heavy atom. The molecule has 2 heterocycles. The van der Waals surface area contributed by atoms with Gasteiger partial charge in [-0.1, -0.05) is 24.3 Å². The standard InChI is InChI=1S/C20H19N5O2/c1-12(26)14-8-5-9-15(10-14)16-11-22-18(21)17(23-16)20-25-24-19(27-20)13-6-3-2-4-7-13/h5-6,8-11H,2-4,7H2,1H3,(H2,21,22). The van der Waals surface area contributed by atoms with Gasteiger partial charge in [0.25, 0.3) is 5.89 Å². The lowest BCUT2D eigenvalue weighted by molar-refractivity contribution is 0.101. The molecule has 1 aliphatic carbocycles.